The lowest BCUT2D eigenvalue weighted by Crippen LogP contribution is -2.48. The van der Waals surface area contributed by atoms with Crippen LogP contribution in [0, 0.1) is 6.92 Å². The monoisotopic (exact) mass is 373 g/mol. The molecule has 2 aliphatic rings. The Labute approximate surface area is 164 Å². The molecule has 1 atom stereocenters. The van der Waals surface area contributed by atoms with E-state index in [0.717, 1.165) is 50.3 Å². The van der Waals surface area contributed by atoms with Crippen molar-refractivity contribution in [2.24, 2.45) is 0 Å². The lowest BCUT2D eigenvalue weighted by atomic mass is 9.77. The van der Waals surface area contributed by atoms with Crippen molar-refractivity contribution in [3.05, 3.63) is 71.6 Å². The van der Waals surface area contributed by atoms with Gasteiger partial charge in [0.1, 0.15) is 5.82 Å². The molecule has 0 saturated carbocycles. The molecule has 2 aromatic heterocycles. The second-order valence-electron chi connectivity index (χ2n) is 7.90. The third-order valence-corrected chi connectivity index (χ3v) is 6.09. The van der Waals surface area contributed by atoms with E-state index in [-0.39, 0.29) is 11.3 Å². The number of hydrogen-bond donors (Lipinski definition) is 0. The zero-order valence-corrected chi connectivity index (χ0v) is 16.0. The van der Waals surface area contributed by atoms with Crippen LogP contribution in [0.3, 0.4) is 0 Å². The minimum Gasteiger partial charge on any atom is -0.338 e. The van der Waals surface area contributed by atoms with Crippen LogP contribution in [0.5, 0.6) is 0 Å². The van der Waals surface area contributed by atoms with Crippen molar-refractivity contribution in [2.75, 3.05) is 13.1 Å². The number of benzene rings is 1. The fraction of sp³-hybridized carbons (Fsp3) is 0.364. The second kappa shape index (κ2) is 6.55. The molecular weight excluding hydrogens is 350 g/mol. The third kappa shape index (κ3) is 2.80. The number of fused-ring (bicyclic) bond motifs is 2. The topological polar surface area (TPSA) is 63.9 Å². The summed E-state index contributed by atoms with van der Waals surface area (Å²) in [5, 5.41) is 4.27. The summed E-state index contributed by atoms with van der Waals surface area (Å²) < 4.78 is 1.78. The molecule has 3 aromatic rings. The number of piperidine rings is 1. The highest BCUT2D eigenvalue weighted by Crippen LogP contribution is 2.44. The van der Waals surface area contributed by atoms with Crippen LogP contribution in [0.4, 0.5) is 0 Å². The molecule has 0 radical (unpaired) electrons. The first-order valence-corrected chi connectivity index (χ1v) is 9.87. The Bertz CT molecular complexity index is 1030. The minimum absolute atomic E-state index is 0.0173. The number of carbonyl (C=O) groups excluding carboxylic acids is 1. The number of rotatable bonds is 2. The van der Waals surface area contributed by atoms with Gasteiger partial charge in [-0.2, -0.15) is 5.10 Å². The van der Waals surface area contributed by atoms with E-state index in [9.17, 15) is 4.79 Å². The van der Waals surface area contributed by atoms with Crippen LogP contribution in [0.15, 0.2) is 48.9 Å². The van der Waals surface area contributed by atoms with Crippen molar-refractivity contribution in [3.63, 3.8) is 0 Å². The molecule has 1 fully saturated rings. The molecule has 1 saturated heterocycles. The van der Waals surface area contributed by atoms with E-state index in [1.54, 1.807) is 10.9 Å². The summed E-state index contributed by atoms with van der Waals surface area (Å²) in [7, 11) is 0. The van der Waals surface area contributed by atoms with Crippen molar-refractivity contribution in [1.29, 1.82) is 0 Å². The Balaban J connectivity index is 1.43. The second-order valence-corrected chi connectivity index (χ2v) is 7.90. The molecule has 3 heterocycles. The Hall–Kier alpha value is -3.02. The summed E-state index contributed by atoms with van der Waals surface area (Å²) >= 11 is 0. The van der Waals surface area contributed by atoms with Gasteiger partial charge in [-0.25, -0.2) is 14.6 Å². The number of hydrogen-bond acceptors (Lipinski definition) is 4. The van der Waals surface area contributed by atoms with Gasteiger partial charge in [-0.1, -0.05) is 6.07 Å². The number of likely N-dealkylation sites (tertiary alicyclic amines) is 1. The van der Waals surface area contributed by atoms with Gasteiger partial charge in [0.25, 0.3) is 5.91 Å². The molecule has 142 valence electrons. The first-order valence-electron chi connectivity index (χ1n) is 9.87. The maximum Gasteiger partial charge on any atom is 0.253 e. The highest BCUT2D eigenvalue weighted by atomic mass is 16.2. The molecule has 0 bridgehead atoms. The summed E-state index contributed by atoms with van der Waals surface area (Å²) in [6.07, 6.45) is 9.76. The Kier molecular flexibility index (Phi) is 4.00. The molecule has 1 aliphatic carbocycles. The van der Waals surface area contributed by atoms with E-state index in [1.807, 2.05) is 54.5 Å². The number of nitrogens with zero attached hydrogens (tertiary/aromatic N) is 5. The predicted molar refractivity (Wildman–Crippen MR) is 105 cm³/mol. The van der Waals surface area contributed by atoms with E-state index in [0.29, 0.717) is 5.56 Å². The summed E-state index contributed by atoms with van der Waals surface area (Å²) in [5.74, 6) is 0.905. The quantitative estimate of drug-likeness (QED) is 0.692. The Morgan fingerprint density at radius 2 is 2.14 bits per heavy atom. The van der Waals surface area contributed by atoms with E-state index >= 15 is 0 Å². The van der Waals surface area contributed by atoms with Gasteiger partial charge >= 0.3 is 0 Å². The van der Waals surface area contributed by atoms with E-state index in [1.165, 1.54) is 11.3 Å². The summed E-state index contributed by atoms with van der Waals surface area (Å²) in [4.78, 5) is 24.5. The van der Waals surface area contributed by atoms with Gasteiger partial charge in [0.15, 0.2) is 0 Å². The zero-order chi connectivity index (χ0) is 19.1. The molecule has 28 heavy (non-hydrogen) atoms. The van der Waals surface area contributed by atoms with Crippen LogP contribution < -0.4 is 0 Å². The molecule has 1 unspecified atom stereocenters. The highest BCUT2D eigenvalue weighted by molar-refractivity contribution is 5.95. The minimum atomic E-state index is -0.0173. The Morgan fingerprint density at radius 1 is 1.21 bits per heavy atom. The van der Waals surface area contributed by atoms with Crippen LogP contribution in [-0.4, -0.2) is 43.6 Å². The number of aryl methyl sites for hydroxylation is 2. The van der Waals surface area contributed by atoms with Crippen LogP contribution in [0.2, 0.25) is 0 Å². The van der Waals surface area contributed by atoms with Crippen molar-refractivity contribution < 1.29 is 4.79 Å². The maximum absolute atomic E-state index is 13.3. The largest absolute Gasteiger partial charge is 0.338 e. The van der Waals surface area contributed by atoms with Crippen LogP contribution in [-0.2, 0) is 11.8 Å². The van der Waals surface area contributed by atoms with Crippen LogP contribution in [0.1, 0.15) is 46.7 Å². The van der Waals surface area contributed by atoms with Gasteiger partial charge in [-0.15, -0.1) is 0 Å². The normalized spacial score (nSPS) is 21.1. The fourth-order valence-electron chi connectivity index (χ4n) is 4.72. The van der Waals surface area contributed by atoms with E-state index in [2.05, 4.69) is 10.1 Å². The van der Waals surface area contributed by atoms with E-state index < -0.39 is 0 Å². The molecule has 6 nitrogen and oxygen atoms in total. The average Bonchev–Trinajstić information content (AvgIpc) is 3.37. The number of carbonyl (C=O) groups is 1. The SMILES string of the molecule is Cc1ncc2c(n1)C1(CCCN(C(=O)c3cccc(-n4cccn4)c3)C1)CC2. The number of aromatic nitrogens is 4. The first-order chi connectivity index (χ1) is 13.6. The van der Waals surface area contributed by atoms with Gasteiger partial charge in [-0.3, -0.25) is 4.79 Å². The predicted octanol–water partition coefficient (Wildman–Crippen LogP) is 3.09. The smallest absolute Gasteiger partial charge is 0.253 e. The maximum atomic E-state index is 13.3. The van der Waals surface area contributed by atoms with Crippen molar-refractivity contribution in [1.82, 2.24) is 24.6 Å². The van der Waals surface area contributed by atoms with Gasteiger partial charge in [0.2, 0.25) is 0 Å². The average molecular weight is 373 g/mol. The van der Waals surface area contributed by atoms with E-state index in [4.69, 9.17) is 4.98 Å². The summed E-state index contributed by atoms with van der Waals surface area (Å²) in [6.45, 7) is 3.48. The summed E-state index contributed by atoms with van der Waals surface area (Å²) in [6, 6.07) is 9.58. The molecule has 1 aromatic carbocycles. The molecule has 1 spiro atoms. The lowest BCUT2D eigenvalue weighted by Gasteiger charge is -2.40. The van der Waals surface area contributed by atoms with Crippen molar-refractivity contribution in [3.8, 4) is 5.69 Å². The standard InChI is InChI=1S/C22H23N5O/c1-16-23-14-18-7-9-22(20(18)25-16)8-3-11-26(15-22)21(28)17-5-2-6-19(13-17)27-12-4-10-24-27/h2,4-6,10,12-14H,3,7-9,11,15H2,1H3. The van der Waals surface area contributed by atoms with Crippen molar-refractivity contribution >= 4 is 5.91 Å². The molecular formula is C22H23N5O. The zero-order valence-electron chi connectivity index (χ0n) is 16.0. The van der Waals surface area contributed by atoms with Crippen molar-refractivity contribution in [2.45, 2.75) is 38.0 Å². The van der Waals surface area contributed by atoms with Crippen LogP contribution in [0.25, 0.3) is 5.69 Å². The highest BCUT2D eigenvalue weighted by Gasteiger charge is 2.44. The van der Waals surface area contributed by atoms with Gasteiger partial charge in [0.05, 0.1) is 11.4 Å². The lowest BCUT2D eigenvalue weighted by molar-refractivity contribution is 0.0633. The molecule has 1 aliphatic heterocycles. The molecule has 1 amide bonds. The summed E-state index contributed by atoms with van der Waals surface area (Å²) in [5.41, 5.74) is 4.01. The number of amides is 1. The third-order valence-electron chi connectivity index (χ3n) is 6.09. The van der Waals surface area contributed by atoms with Crippen LogP contribution >= 0.6 is 0 Å². The van der Waals surface area contributed by atoms with Gasteiger partial charge in [0, 0.05) is 42.7 Å². The van der Waals surface area contributed by atoms with Gasteiger partial charge < -0.3 is 4.90 Å². The molecule has 6 heteroatoms. The van der Waals surface area contributed by atoms with Gasteiger partial charge in [-0.05, 0) is 62.4 Å². The molecule has 5 rings (SSSR count). The fourth-order valence-corrected chi connectivity index (χ4v) is 4.72. The first kappa shape index (κ1) is 17.1. The molecule has 0 N–H and O–H groups in total. The Morgan fingerprint density at radius 3 is 3.00 bits per heavy atom.